The van der Waals surface area contributed by atoms with Crippen molar-refractivity contribution in [2.75, 3.05) is 5.32 Å². The minimum Gasteiger partial charge on any atom is -0.324 e. The average molecular weight is 251 g/mol. The topological polar surface area (TPSA) is 55.6 Å². The van der Waals surface area contributed by atoms with Crippen molar-refractivity contribution in [2.45, 2.75) is 6.92 Å². The molecule has 0 atom stereocenters. The van der Waals surface area contributed by atoms with Crippen LogP contribution in [0.5, 0.6) is 0 Å². The Morgan fingerprint density at radius 1 is 1.05 bits per heavy atom. The summed E-state index contributed by atoms with van der Waals surface area (Å²) >= 11 is 0. The summed E-state index contributed by atoms with van der Waals surface area (Å²) in [5.74, 6) is 0.595. The molecule has 1 N–H and O–H groups in total. The Morgan fingerprint density at radius 2 is 1.79 bits per heavy atom. The van der Waals surface area contributed by atoms with Crippen molar-refractivity contribution in [3.8, 4) is 5.69 Å². The minimum atomic E-state index is 0.595. The van der Waals surface area contributed by atoms with E-state index in [1.54, 1.807) is 18.6 Å². The maximum atomic E-state index is 4.21. The first-order valence-electron chi connectivity index (χ1n) is 5.97. The van der Waals surface area contributed by atoms with Crippen LogP contribution in [0.3, 0.4) is 0 Å². The lowest BCUT2D eigenvalue weighted by Gasteiger charge is -2.06. The van der Waals surface area contributed by atoms with E-state index in [0.717, 1.165) is 16.9 Å². The van der Waals surface area contributed by atoms with Crippen LogP contribution in [0.4, 0.5) is 11.6 Å². The van der Waals surface area contributed by atoms with E-state index >= 15 is 0 Å². The summed E-state index contributed by atoms with van der Waals surface area (Å²) < 4.78 is 1.81. The van der Waals surface area contributed by atoms with Gasteiger partial charge in [-0.25, -0.2) is 14.6 Å². The maximum Gasteiger partial charge on any atom is 0.227 e. The lowest BCUT2D eigenvalue weighted by Crippen LogP contribution is -1.98. The van der Waals surface area contributed by atoms with Gasteiger partial charge in [0.2, 0.25) is 5.95 Å². The zero-order valence-corrected chi connectivity index (χ0v) is 10.5. The smallest absolute Gasteiger partial charge is 0.227 e. The van der Waals surface area contributed by atoms with Gasteiger partial charge in [0, 0.05) is 30.5 Å². The van der Waals surface area contributed by atoms with Gasteiger partial charge in [0.05, 0.1) is 5.69 Å². The highest BCUT2D eigenvalue weighted by Crippen LogP contribution is 2.15. The van der Waals surface area contributed by atoms with E-state index in [0.29, 0.717) is 5.95 Å². The third kappa shape index (κ3) is 2.60. The Kier molecular flexibility index (Phi) is 2.94. The highest BCUT2D eigenvalue weighted by atomic mass is 15.3. The molecule has 2 aromatic heterocycles. The lowest BCUT2D eigenvalue weighted by atomic mass is 10.3. The number of hydrogen-bond donors (Lipinski definition) is 1. The molecule has 3 aromatic rings. The number of nitrogens with one attached hydrogen (secondary N) is 1. The highest BCUT2D eigenvalue weighted by Gasteiger charge is 1.99. The summed E-state index contributed by atoms with van der Waals surface area (Å²) in [7, 11) is 0. The summed E-state index contributed by atoms with van der Waals surface area (Å²) in [6, 6.07) is 9.82. The molecule has 0 bridgehead atoms. The van der Waals surface area contributed by atoms with E-state index in [1.165, 1.54) is 0 Å². The van der Waals surface area contributed by atoms with Crippen LogP contribution in [0, 0.1) is 6.92 Å². The number of aromatic nitrogens is 4. The molecule has 5 nitrogen and oxygen atoms in total. The highest BCUT2D eigenvalue weighted by molar-refractivity contribution is 5.55. The first kappa shape index (κ1) is 11.4. The molecule has 0 saturated carbocycles. The summed E-state index contributed by atoms with van der Waals surface area (Å²) in [4.78, 5) is 8.41. The third-order valence-electron chi connectivity index (χ3n) is 2.67. The zero-order valence-electron chi connectivity index (χ0n) is 10.5. The van der Waals surface area contributed by atoms with Crippen LogP contribution in [-0.2, 0) is 0 Å². The number of benzene rings is 1. The average Bonchev–Trinajstić information content (AvgIpc) is 2.96. The SMILES string of the molecule is Cc1cnc(Nc2ccc(-n3cccn3)cc2)nc1. The Bertz CT molecular complexity index is 641. The van der Waals surface area contributed by atoms with Crippen molar-refractivity contribution in [2.24, 2.45) is 0 Å². The Labute approximate surface area is 111 Å². The van der Waals surface area contributed by atoms with Gasteiger partial charge in [0.15, 0.2) is 0 Å². The Hall–Kier alpha value is -2.69. The van der Waals surface area contributed by atoms with Gasteiger partial charge in [-0.1, -0.05) is 0 Å². The molecule has 0 amide bonds. The molecule has 19 heavy (non-hydrogen) atoms. The molecule has 3 rings (SSSR count). The summed E-state index contributed by atoms with van der Waals surface area (Å²) in [6.45, 7) is 1.96. The largest absolute Gasteiger partial charge is 0.324 e. The van der Waals surface area contributed by atoms with Crippen LogP contribution in [0.25, 0.3) is 5.69 Å². The Morgan fingerprint density at radius 3 is 2.42 bits per heavy atom. The molecule has 0 saturated heterocycles. The van der Waals surface area contributed by atoms with Crippen molar-refractivity contribution in [3.63, 3.8) is 0 Å². The van der Waals surface area contributed by atoms with E-state index < -0.39 is 0 Å². The summed E-state index contributed by atoms with van der Waals surface area (Å²) in [5.41, 5.74) is 3.00. The van der Waals surface area contributed by atoms with Crippen LogP contribution >= 0.6 is 0 Å². The van der Waals surface area contributed by atoms with Crippen LogP contribution in [0.15, 0.2) is 55.1 Å². The fraction of sp³-hybridized carbons (Fsp3) is 0.0714. The molecule has 0 unspecified atom stereocenters. The predicted octanol–water partition coefficient (Wildman–Crippen LogP) is 2.71. The van der Waals surface area contributed by atoms with Crippen LogP contribution in [0.2, 0.25) is 0 Å². The zero-order chi connectivity index (χ0) is 13.1. The van der Waals surface area contributed by atoms with Crippen LogP contribution < -0.4 is 5.32 Å². The second-order valence-electron chi connectivity index (χ2n) is 4.21. The van der Waals surface area contributed by atoms with E-state index in [4.69, 9.17) is 0 Å². The van der Waals surface area contributed by atoms with Gasteiger partial charge in [-0.15, -0.1) is 0 Å². The molecule has 0 radical (unpaired) electrons. The van der Waals surface area contributed by atoms with Gasteiger partial charge >= 0.3 is 0 Å². The fourth-order valence-electron chi connectivity index (χ4n) is 1.71. The van der Waals surface area contributed by atoms with Gasteiger partial charge in [-0.05, 0) is 42.8 Å². The van der Waals surface area contributed by atoms with Gasteiger partial charge in [0.1, 0.15) is 0 Å². The van der Waals surface area contributed by atoms with Crippen molar-refractivity contribution >= 4 is 11.6 Å². The summed E-state index contributed by atoms with van der Waals surface area (Å²) in [6.07, 6.45) is 7.23. The number of aryl methyl sites for hydroxylation is 1. The van der Waals surface area contributed by atoms with E-state index in [-0.39, 0.29) is 0 Å². The van der Waals surface area contributed by atoms with Gasteiger partial charge in [-0.3, -0.25) is 0 Å². The molecule has 1 aromatic carbocycles. The second kappa shape index (κ2) is 4.89. The number of anilines is 2. The summed E-state index contributed by atoms with van der Waals surface area (Å²) in [5, 5.41) is 7.33. The molecular formula is C14H13N5. The number of rotatable bonds is 3. The van der Waals surface area contributed by atoms with E-state index in [1.807, 2.05) is 48.1 Å². The molecule has 2 heterocycles. The number of nitrogens with zero attached hydrogens (tertiary/aromatic N) is 4. The standard InChI is InChI=1S/C14H13N5/c1-11-9-15-14(16-10-11)18-12-3-5-13(6-4-12)19-8-2-7-17-19/h2-10H,1H3,(H,15,16,18). The van der Waals surface area contributed by atoms with Crippen molar-refractivity contribution in [1.82, 2.24) is 19.7 Å². The van der Waals surface area contributed by atoms with E-state index in [9.17, 15) is 0 Å². The van der Waals surface area contributed by atoms with Crippen molar-refractivity contribution < 1.29 is 0 Å². The minimum absolute atomic E-state index is 0.595. The van der Waals surface area contributed by atoms with Crippen molar-refractivity contribution in [1.29, 1.82) is 0 Å². The monoisotopic (exact) mass is 251 g/mol. The van der Waals surface area contributed by atoms with Gasteiger partial charge in [0.25, 0.3) is 0 Å². The molecule has 5 heteroatoms. The van der Waals surface area contributed by atoms with Crippen LogP contribution in [-0.4, -0.2) is 19.7 Å². The molecule has 94 valence electrons. The van der Waals surface area contributed by atoms with E-state index in [2.05, 4.69) is 20.4 Å². The van der Waals surface area contributed by atoms with Crippen molar-refractivity contribution in [3.05, 3.63) is 60.7 Å². The molecular weight excluding hydrogens is 238 g/mol. The van der Waals surface area contributed by atoms with Gasteiger partial charge in [-0.2, -0.15) is 5.10 Å². The Balaban J connectivity index is 1.77. The molecule has 0 spiro atoms. The molecule has 0 fully saturated rings. The number of hydrogen-bond acceptors (Lipinski definition) is 4. The fourth-order valence-corrected chi connectivity index (χ4v) is 1.71. The molecule has 0 aliphatic carbocycles. The maximum absolute atomic E-state index is 4.21. The van der Waals surface area contributed by atoms with Gasteiger partial charge < -0.3 is 5.32 Å². The predicted molar refractivity (Wildman–Crippen MR) is 73.6 cm³/mol. The van der Waals surface area contributed by atoms with Crippen LogP contribution in [0.1, 0.15) is 5.56 Å². The molecule has 0 aliphatic heterocycles. The normalized spacial score (nSPS) is 10.4. The lowest BCUT2D eigenvalue weighted by molar-refractivity contribution is 0.881. The first-order valence-corrected chi connectivity index (χ1v) is 5.97. The second-order valence-corrected chi connectivity index (χ2v) is 4.21. The third-order valence-corrected chi connectivity index (χ3v) is 2.67. The molecule has 0 aliphatic rings. The first-order chi connectivity index (χ1) is 9.31. The quantitative estimate of drug-likeness (QED) is 0.777.